The number of rotatable bonds is 10. The topological polar surface area (TPSA) is 156 Å². The van der Waals surface area contributed by atoms with E-state index in [2.05, 4.69) is 15.6 Å². The number of aromatic amines is 1. The molecular formula is C34H38N4O8S. The first-order valence-electron chi connectivity index (χ1n) is 15.1. The van der Waals surface area contributed by atoms with E-state index in [1.54, 1.807) is 73.5 Å². The molecule has 3 N–H and O–H groups in total. The van der Waals surface area contributed by atoms with Gasteiger partial charge in [-0.25, -0.2) is 13.2 Å². The van der Waals surface area contributed by atoms with Gasteiger partial charge in [-0.05, 0) is 91.7 Å². The van der Waals surface area contributed by atoms with Crippen LogP contribution in [0, 0.1) is 0 Å². The molecule has 1 saturated heterocycles. The molecule has 2 heterocycles. The minimum Gasteiger partial charge on any atom is -0.493 e. The van der Waals surface area contributed by atoms with Crippen LogP contribution in [0.2, 0.25) is 0 Å². The van der Waals surface area contributed by atoms with Crippen molar-refractivity contribution in [2.75, 3.05) is 38.5 Å². The Labute approximate surface area is 272 Å². The van der Waals surface area contributed by atoms with Crippen molar-refractivity contribution in [1.82, 2.24) is 9.88 Å². The molecule has 5 rings (SSSR count). The smallest absolute Gasteiger partial charge is 0.411 e. The maximum atomic E-state index is 14.7. The highest BCUT2D eigenvalue weighted by Crippen LogP contribution is 2.41. The van der Waals surface area contributed by atoms with Crippen molar-refractivity contribution in [3.05, 3.63) is 88.3 Å². The van der Waals surface area contributed by atoms with E-state index in [-0.39, 0.29) is 16.4 Å². The van der Waals surface area contributed by atoms with E-state index in [1.165, 1.54) is 33.5 Å². The SMILES string of the molecule is COC(=O)Nc1ccc(S(=O)(=O)C(C)C)c(C2CCCN2C(=O)C(Nc2ccc3cc[nH]c(=O)c3c2)c2ccc(OC)c(OC)c2)c1. The van der Waals surface area contributed by atoms with Crippen molar-refractivity contribution >= 4 is 44.0 Å². The van der Waals surface area contributed by atoms with Gasteiger partial charge in [0.1, 0.15) is 6.04 Å². The molecule has 13 heteroatoms. The van der Waals surface area contributed by atoms with Gasteiger partial charge in [-0.1, -0.05) is 12.1 Å². The van der Waals surface area contributed by atoms with Gasteiger partial charge in [0, 0.05) is 29.5 Å². The van der Waals surface area contributed by atoms with Crippen LogP contribution in [0.5, 0.6) is 11.5 Å². The Morgan fingerprint density at radius 2 is 1.68 bits per heavy atom. The van der Waals surface area contributed by atoms with Gasteiger partial charge in [-0.15, -0.1) is 0 Å². The van der Waals surface area contributed by atoms with Gasteiger partial charge in [0.15, 0.2) is 21.3 Å². The maximum absolute atomic E-state index is 14.7. The van der Waals surface area contributed by atoms with Crippen molar-refractivity contribution in [2.45, 2.75) is 48.9 Å². The van der Waals surface area contributed by atoms with Gasteiger partial charge < -0.3 is 29.4 Å². The molecule has 0 spiro atoms. The number of amides is 2. The second-order valence-electron chi connectivity index (χ2n) is 11.5. The molecule has 1 aliphatic heterocycles. The number of hydrogen-bond donors (Lipinski definition) is 3. The molecule has 47 heavy (non-hydrogen) atoms. The number of likely N-dealkylation sites (tertiary alicyclic amines) is 1. The summed E-state index contributed by atoms with van der Waals surface area (Å²) in [6.45, 7) is 3.56. The summed E-state index contributed by atoms with van der Waals surface area (Å²) >= 11 is 0. The molecule has 0 aliphatic carbocycles. The van der Waals surface area contributed by atoms with Crippen LogP contribution in [-0.2, 0) is 19.4 Å². The van der Waals surface area contributed by atoms with E-state index in [1.807, 2.05) is 0 Å². The second kappa shape index (κ2) is 13.8. The number of ether oxygens (including phenoxy) is 3. The molecule has 4 aromatic rings. The normalized spacial score (nSPS) is 15.4. The van der Waals surface area contributed by atoms with E-state index >= 15 is 0 Å². The molecule has 2 unspecified atom stereocenters. The average Bonchev–Trinajstić information content (AvgIpc) is 3.57. The Morgan fingerprint density at radius 1 is 0.936 bits per heavy atom. The van der Waals surface area contributed by atoms with Crippen molar-refractivity contribution in [1.29, 1.82) is 0 Å². The number of pyridine rings is 1. The number of fused-ring (bicyclic) bond motifs is 1. The van der Waals surface area contributed by atoms with E-state index < -0.39 is 33.3 Å². The second-order valence-corrected chi connectivity index (χ2v) is 13.9. The van der Waals surface area contributed by atoms with E-state index in [4.69, 9.17) is 14.2 Å². The van der Waals surface area contributed by atoms with E-state index in [0.717, 1.165) is 5.39 Å². The van der Waals surface area contributed by atoms with Gasteiger partial charge in [0.25, 0.3) is 5.56 Å². The summed E-state index contributed by atoms with van der Waals surface area (Å²) in [6.07, 6.45) is 1.99. The molecule has 1 fully saturated rings. The summed E-state index contributed by atoms with van der Waals surface area (Å²) < 4.78 is 42.8. The predicted molar refractivity (Wildman–Crippen MR) is 179 cm³/mol. The Morgan fingerprint density at radius 3 is 2.38 bits per heavy atom. The third-order valence-electron chi connectivity index (χ3n) is 8.34. The minimum atomic E-state index is -3.77. The quantitative estimate of drug-likeness (QED) is 0.202. The monoisotopic (exact) mass is 662 g/mol. The molecule has 1 aliphatic rings. The zero-order valence-corrected chi connectivity index (χ0v) is 27.6. The molecule has 248 valence electrons. The molecule has 1 aromatic heterocycles. The fourth-order valence-electron chi connectivity index (χ4n) is 5.85. The van der Waals surface area contributed by atoms with Crippen LogP contribution >= 0.6 is 0 Å². The highest BCUT2D eigenvalue weighted by molar-refractivity contribution is 7.92. The molecule has 12 nitrogen and oxygen atoms in total. The lowest BCUT2D eigenvalue weighted by Crippen LogP contribution is -2.38. The summed E-state index contributed by atoms with van der Waals surface area (Å²) in [5.74, 6) is 0.586. The third kappa shape index (κ3) is 6.75. The molecule has 3 aromatic carbocycles. The summed E-state index contributed by atoms with van der Waals surface area (Å²) in [5, 5.41) is 6.41. The number of aromatic nitrogens is 1. The number of nitrogens with zero attached hydrogens (tertiary/aromatic N) is 1. The average molecular weight is 663 g/mol. The van der Waals surface area contributed by atoms with Gasteiger partial charge in [0.2, 0.25) is 5.91 Å². The Hall–Kier alpha value is -5.04. The number of hydrogen-bond acceptors (Lipinski definition) is 9. The Bertz CT molecular complexity index is 1970. The molecule has 0 saturated carbocycles. The maximum Gasteiger partial charge on any atom is 0.411 e. The summed E-state index contributed by atoms with van der Waals surface area (Å²) in [5.41, 5.74) is 1.58. The number of carbonyl (C=O) groups is 2. The Balaban J connectivity index is 1.61. The molecule has 2 amide bonds. The Kier molecular flexibility index (Phi) is 9.75. The zero-order valence-electron chi connectivity index (χ0n) is 26.8. The van der Waals surface area contributed by atoms with Crippen LogP contribution in [-0.4, -0.2) is 63.4 Å². The number of H-pyrrole nitrogens is 1. The first-order chi connectivity index (χ1) is 22.5. The molecular weight excluding hydrogens is 624 g/mol. The number of methoxy groups -OCH3 is 3. The first kappa shape index (κ1) is 33.3. The number of nitrogens with one attached hydrogen (secondary N) is 3. The van der Waals surface area contributed by atoms with Crippen molar-refractivity contribution in [3.63, 3.8) is 0 Å². The minimum absolute atomic E-state index is 0.0944. The fourth-order valence-corrected chi connectivity index (χ4v) is 7.14. The number of carbonyl (C=O) groups excluding carboxylic acids is 2. The van der Waals surface area contributed by atoms with Crippen LogP contribution in [0.15, 0.2) is 76.6 Å². The van der Waals surface area contributed by atoms with Gasteiger partial charge in [-0.3, -0.25) is 14.9 Å². The van der Waals surface area contributed by atoms with Crippen molar-refractivity contribution in [2.24, 2.45) is 0 Å². The van der Waals surface area contributed by atoms with Crippen molar-refractivity contribution in [3.8, 4) is 11.5 Å². The van der Waals surface area contributed by atoms with E-state index in [0.29, 0.717) is 58.8 Å². The lowest BCUT2D eigenvalue weighted by Gasteiger charge is -2.32. The van der Waals surface area contributed by atoms with Crippen molar-refractivity contribution < 1.29 is 32.2 Å². The van der Waals surface area contributed by atoms with Crippen LogP contribution in [0.1, 0.15) is 49.9 Å². The predicted octanol–water partition coefficient (Wildman–Crippen LogP) is 5.42. The largest absolute Gasteiger partial charge is 0.493 e. The van der Waals surface area contributed by atoms with Crippen LogP contribution < -0.4 is 25.7 Å². The number of anilines is 2. The summed E-state index contributed by atoms with van der Waals surface area (Å²) in [4.78, 5) is 43.8. The molecule has 0 bridgehead atoms. The summed E-state index contributed by atoms with van der Waals surface area (Å²) in [6, 6.07) is 15.2. The van der Waals surface area contributed by atoms with Crippen LogP contribution in [0.25, 0.3) is 10.8 Å². The fraction of sp³-hybridized carbons (Fsp3) is 0.324. The lowest BCUT2D eigenvalue weighted by atomic mass is 10.0. The van der Waals surface area contributed by atoms with Gasteiger partial charge in [-0.2, -0.15) is 0 Å². The van der Waals surface area contributed by atoms with Gasteiger partial charge >= 0.3 is 6.09 Å². The lowest BCUT2D eigenvalue weighted by molar-refractivity contribution is -0.133. The molecule has 0 radical (unpaired) electrons. The summed E-state index contributed by atoms with van der Waals surface area (Å²) in [7, 11) is 0.490. The first-order valence-corrected chi connectivity index (χ1v) is 16.7. The van der Waals surface area contributed by atoms with E-state index in [9.17, 15) is 22.8 Å². The van der Waals surface area contributed by atoms with Crippen LogP contribution in [0.4, 0.5) is 16.2 Å². The number of benzene rings is 3. The van der Waals surface area contributed by atoms with Gasteiger partial charge in [0.05, 0.1) is 37.5 Å². The number of sulfone groups is 1. The highest BCUT2D eigenvalue weighted by Gasteiger charge is 2.38. The highest BCUT2D eigenvalue weighted by atomic mass is 32.2. The molecule has 2 atom stereocenters. The standard InChI is InChI=1S/C34H38N4O8S/c1-20(2)47(42,43)30-13-11-24(37-34(41)46-5)19-26(30)27-7-6-16-38(27)33(40)31(22-9-12-28(44-3)29(17-22)45-4)36-23-10-8-21-14-15-35-32(39)25(21)18-23/h8-15,17-20,27,31,36H,6-7,16H2,1-5H3,(H,35,39)(H,37,41). The zero-order chi connectivity index (χ0) is 33.9. The third-order valence-corrected chi connectivity index (χ3v) is 10.6. The van der Waals surface area contributed by atoms with Crippen LogP contribution in [0.3, 0.4) is 0 Å².